The van der Waals surface area contributed by atoms with Gasteiger partial charge < -0.3 is 4.74 Å². The van der Waals surface area contributed by atoms with E-state index in [0.717, 1.165) is 6.07 Å². The van der Waals surface area contributed by atoms with E-state index in [2.05, 4.69) is 19.7 Å². The van der Waals surface area contributed by atoms with Gasteiger partial charge in [0.05, 0.1) is 5.56 Å². The summed E-state index contributed by atoms with van der Waals surface area (Å²) in [5.74, 6) is 0. The lowest BCUT2D eigenvalue weighted by Crippen LogP contribution is -2.29. The average Bonchev–Trinajstić information content (AvgIpc) is 2.52. The van der Waals surface area contributed by atoms with Crippen molar-refractivity contribution >= 4 is 10.0 Å². The number of sulfonamides is 1. The fraction of sp³-hybridized carbons (Fsp3) is 0.250. The highest BCUT2D eigenvalue weighted by Gasteiger charge is 2.31. The molecule has 124 valence electrons. The third-order valence-corrected chi connectivity index (χ3v) is 3.88. The van der Waals surface area contributed by atoms with Crippen molar-refractivity contribution < 1.29 is 26.3 Å². The van der Waals surface area contributed by atoms with E-state index in [1.165, 1.54) is 12.4 Å². The second-order valence-corrected chi connectivity index (χ2v) is 5.87. The van der Waals surface area contributed by atoms with Crippen LogP contribution in [0.5, 0.6) is 6.01 Å². The quantitative estimate of drug-likeness (QED) is 0.790. The number of ether oxygens (including phenoxy) is 1. The predicted molar refractivity (Wildman–Crippen MR) is 72.0 cm³/mol. The molecule has 0 bridgehead atoms. The van der Waals surface area contributed by atoms with Crippen LogP contribution in [0.1, 0.15) is 5.56 Å². The molecule has 0 unspecified atom stereocenters. The smallest absolute Gasteiger partial charge is 0.417 e. The molecule has 2 aromatic rings. The Hall–Kier alpha value is -2.27. The standard InChI is InChI=1S/C12H11F3N4O3S/c13-12(14,15)9-2-3-10(18-8-9)23(20,21)19-6-7-22-11-16-4-1-5-17-11/h1-5,8,19H,6-7H2. The van der Waals surface area contributed by atoms with Crippen LogP contribution in [-0.4, -0.2) is 36.5 Å². The number of nitrogens with one attached hydrogen (secondary N) is 1. The van der Waals surface area contributed by atoms with Crippen LogP contribution >= 0.6 is 0 Å². The number of halogens is 3. The van der Waals surface area contributed by atoms with Crippen LogP contribution < -0.4 is 9.46 Å². The van der Waals surface area contributed by atoms with Gasteiger partial charge in [-0.15, -0.1) is 0 Å². The summed E-state index contributed by atoms with van der Waals surface area (Å²) in [4.78, 5) is 10.9. The average molecular weight is 348 g/mol. The normalized spacial score (nSPS) is 12.1. The highest BCUT2D eigenvalue weighted by molar-refractivity contribution is 7.89. The minimum Gasteiger partial charge on any atom is -0.462 e. The van der Waals surface area contributed by atoms with Crippen LogP contribution in [0.15, 0.2) is 41.8 Å². The molecule has 2 heterocycles. The summed E-state index contributed by atoms with van der Waals surface area (Å²) >= 11 is 0. The number of hydrogen-bond donors (Lipinski definition) is 1. The van der Waals surface area contributed by atoms with Crippen LogP contribution in [0.25, 0.3) is 0 Å². The zero-order valence-electron chi connectivity index (χ0n) is 11.5. The fourth-order valence-electron chi connectivity index (χ4n) is 1.46. The highest BCUT2D eigenvalue weighted by Crippen LogP contribution is 2.28. The van der Waals surface area contributed by atoms with E-state index in [1.807, 2.05) is 0 Å². The summed E-state index contributed by atoms with van der Waals surface area (Å²) in [6, 6.07) is 3.10. The van der Waals surface area contributed by atoms with E-state index in [4.69, 9.17) is 4.74 Å². The number of aromatic nitrogens is 3. The Morgan fingerprint density at radius 2 is 1.83 bits per heavy atom. The predicted octanol–water partition coefficient (Wildman–Crippen LogP) is 1.25. The van der Waals surface area contributed by atoms with Crippen molar-refractivity contribution in [1.29, 1.82) is 0 Å². The molecule has 23 heavy (non-hydrogen) atoms. The molecule has 0 aliphatic rings. The summed E-state index contributed by atoms with van der Waals surface area (Å²) in [6.07, 6.45) is -1.20. The molecular formula is C12H11F3N4O3S. The van der Waals surface area contributed by atoms with Gasteiger partial charge in [0.2, 0.25) is 0 Å². The van der Waals surface area contributed by atoms with E-state index < -0.39 is 26.8 Å². The molecule has 0 spiro atoms. The van der Waals surface area contributed by atoms with Crippen molar-refractivity contribution in [2.75, 3.05) is 13.2 Å². The summed E-state index contributed by atoms with van der Waals surface area (Å²) in [5.41, 5.74) is -1.03. The first-order valence-electron chi connectivity index (χ1n) is 6.22. The molecule has 0 saturated carbocycles. The maximum atomic E-state index is 12.4. The molecule has 1 N–H and O–H groups in total. The fourth-order valence-corrected chi connectivity index (χ4v) is 2.40. The molecule has 0 aliphatic heterocycles. The van der Waals surface area contributed by atoms with Crippen molar-refractivity contribution in [2.24, 2.45) is 0 Å². The molecule has 11 heteroatoms. The van der Waals surface area contributed by atoms with Gasteiger partial charge in [-0.1, -0.05) is 0 Å². The van der Waals surface area contributed by atoms with Crippen LogP contribution in [0, 0.1) is 0 Å². The number of pyridine rings is 1. The maximum Gasteiger partial charge on any atom is 0.417 e. The molecule has 0 atom stereocenters. The molecule has 0 aromatic carbocycles. The topological polar surface area (TPSA) is 94.1 Å². The number of alkyl halides is 3. The van der Waals surface area contributed by atoms with Gasteiger partial charge in [-0.05, 0) is 18.2 Å². The zero-order valence-corrected chi connectivity index (χ0v) is 12.3. The Morgan fingerprint density at radius 3 is 2.39 bits per heavy atom. The summed E-state index contributed by atoms with van der Waals surface area (Å²) in [7, 11) is -4.03. The van der Waals surface area contributed by atoms with Crippen molar-refractivity contribution in [1.82, 2.24) is 19.7 Å². The van der Waals surface area contributed by atoms with Gasteiger partial charge in [0.25, 0.3) is 10.0 Å². The molecule has 0 amide bonds. The summed E-state index contributed by atoms with van der Waals surface area (Å²) < 4.78 is 68.1. The number of hydrogen-bond acceptors (Lipinski definition) is 6. The lowest BCUT2D eigenvalue weighted by atomic mass is 10.3. The van der Waals surface area contributed by atoms with Crippen molar-refractivity contribution in [2.45, 2.75) is 11.2 Å². The third-order valence-electron chi connectivity index (χ3n) is 2.51. The Morgan fingerprint density at radius 1 is 1.13 bits per heavy atom. The lowest BCUT2D eigenvalue weighted by molar-refractivity contribution is -0.137. The van der Waals surface area contributed by atoms with Gasteiger partial charge in [0.15, 0.2) is 5.03 Å². The van der Waals surface area contributed by atoms with Crippen molar-refractivity contribution in [3.8, 4) is 6.01 Å². The van der Waals surface area contributed by atoms with E-state index in [9.17, 15) is 21.6 Å². The Labute approximate surface area is 129 Å². The lowest BCUT2D eigenvalue weighted by Gasteiger charge is -2.09. The van der Waals surface area contributed by atoms with E-state index in [0.29, 0.717) is 12.3 Å². The molecule has 2 rings (SSSR count). The van der Waals surface area contributed by atoms with Gasteiger partial charge in [0, 0.05) is 25.1 Å². The molecule has 0 saturated heterocycles. The highest BCUT2D eigenvalue weighted by atomic mass is 32.2. The van der Waals surface area contributed by atoms with Gasteiger partial charge in [-0.3, -0.25) is 0 Å². The number of rotatable bonds is 6. The van der Waals surface area contributed by atoms with Gasteiger partial charge in [-0.25, -0.2) is 28.1 Å². The van der Waals surface area contributed by atoms with Gasteiger partial charge in [-0.2, -0.15) is 13.2 Å². The Kier molecular flexibility index (Phi) is 5.11. The van der Waals surface area contributed by atoms with Crippen molar-refractivity contribution in [3.05, 3.63) is 42.4 Å². The molecule has 0 aliphatic carbocycles. The first-order valence-corrected chi connectivity index (χ1v) is 7.70. The SMILES string of the molecule is O=S(=O)(NCCOc1ncccn1)c1ccc(C(F)(F)F)cn1. The summed E-state index contributed by atoms with van der Waals surface area (Å²) in [5, 5.41) is -0.513. The van der Waals surface area contributed by atoms with Crippen LogP contribution in [0.3, 0.4) is 0 Å². The molecule has 7 nitrogen and oxygen atoms in total. The third kappa shape index (κ3) is 4.86. The Bertz CT molecular complexity index is 736. The van der Waals surface area contributed by atoms with Crippen LogP contribution in [0.4, 0.5) is 13.2 Å². The van der Waals surface area contributed by atoms with E-state index in [1.54, 1.807) is 6.07 Å². The monoisotopic (exact) mass is 348 g/mol. The molecule has 0 fully saturated rings. The largest absolute Gasteiger partial charge is 0.462 e. The van der Waals surface area contributed by atoms with Crippen LogP contribution in [0.2, 0.25) is 0 Å². The van der Waals surface area contributed by atoms with Crippen LogP contribution in [-0.2, 0) is 16.2 Å². The van der Waals surface area contributed by atoms with Crippen molar-refractivity contribution in [3.63, 3.8) is 0 Å². The summed E-state index contributed by atoms with van der Waals surface area (Å²) in [6.45, 7) is -0.173. The molecule has 2 aromatic heterocycles. The zero-order chi connectivity index (χ0) is 16.9. The first-order chi connectivity index (χ1) is 10.8. The minimum atomic E-state index is -4.58. The minimum absolute atomic E-state index is 0.0517. The molecular weight excluding hydrogens is 337 g/mol. The second-order valence-electron chi connectivity index (χ2n) is 4.16. The maximum absolute atomic E-state index is 12.4. The number of nitrogens with zero attached hydrogens (tertiary/aromatic N) is 3. The Balaban J connectivity index is 1.91. The van der Waals surface area contributed by atoms with E-state index >= 15 is 0 Å². The van der Waals surface area contributed by atoms with Gasteiger partial charge >= 0.3 is 12.2 Å². The molecule has 0 radical (unpaired) electrons. The van der Waals surface area contributed by atoms with Gasteiger partial charge in [0.1, 0.15) is 6.61 Å². The second kappa shape index (κ2) is 6.87. The first kappa shape index (κ1) is 17.1. The van der Waals surface area contributed by atoms with E-state index in [-0.39, 0.29) is 19.2 Å².